The second-order valence-corrected chi connectivity index (χ2v) is 10.7. The number of hydrogen-bond donors (Lipinski definition) is 1. The first-order chi connectivity index (χ1) is 14.4. The molecule has 0 atom stereocenters. The minimum atomic E-state index is -4.04. The van der Waals surface area contributed by atoms with E-state index in [0.29, 0.717) is 0 Å². The van der Waals surface area contributed by atoms with Crippen molar-refractivity contribution in [3.05, 3.63) is 41.5 Å². The molecule has 0 spiro atoms. The van der Waals surface area contributed by atoms with E-state index in [2.05, 4.69) is 10.4 Å². The van der Waals surface area contributed by atoms with Gasteiger partial charge in [-0.15, -0.1) is 0 Å². The van der Waals surface area contributed by atoms with Gasteiger partial charge < -0.3 is 10.1 Å². The highest BCUT2D eigenvalue weighted by Gasteiger charge is 2.30. The van der Waals surface area contributed by atoms with E-state index >= 15 is 0 Å². The van der Waals surface area contributed by atoms with Gasteiger partial charge in [-0.05, 0) is 51.0 Å². The number of anilines is 1. The molecule has 3 rings (SSSR count). The van der Waals surface area contributed by atoms with Crippen LogP contribution in [0.2, 0.25) is 0 Å². The number of carbonyl (C=O) groups is 1. The van der Waals surface area contributed by atoms with Gasteiger partial charge in [0.05, 0.1) is 18.8 Å². The van der Waals surface area contributed by atoms with Crippen molar-refractivity contribution in [2.24, 2.45) is 0 Å². The van der Waals surface area contributed by atoms with Gasteiger partial charge in [0.15, 0.2) is 5.69 Å². The number of carbonyl (C=O) groups excluding carboxylic acids is 1. The third-order valence-electron chi connectivity index (χ3n) is 4.97. The van der Waals surface area contributed by atoms with E-state index in [-0.39, 0.29) is 49.1 Å². The first-order valence-electron chi connectivity index (χ1n) is 10.2. The van der Waals surface area contributed by atoms with Crippen molar-refractivity contribution in [3.63, 3.8) is 0 Å². The molecule has 1 fully saturated rings. The summed E-state index contributed by atoms with van der Waals surface area (Å²) in [5.41, 5.74) is 0.982. The van der Waals surface area contributed by atoms with Gasteiger partial charge >= 0.3 is 0 Å². The van der Waals surface area contributed by atoms with Gasteiger partial charge in [0, 0.05) is 24.5 Å². The standard InChI is InChI=1S/C21H29FN4O4S/c1-14(2)18-13-17(24-26(18)21(3,4)5)20(27)23-15-6-7-16(22)19(12-15)31(28,29)25-8-10-30-11-9-25/h6-7,12-14H,8-11H2,1-5H3,(H,23,27). The summed E-state index contributed by atoms with van der Waals surface area (Å²) < 4.78 is 48.3. The van der Waals surface area contributed by atoms with Crippen LogP contribution in [0.15, 0.2) is 29.2 Å². The van der Waals surface area contributed by atoms with Crippen LogP contribution in [0.25, 0.3) is 0 Å². The summed E-state index contributed by atoms with van der Waals surface area (Å²) in [6.07, 6.45) is 0. The number of morpholine rings is 1. The van der Waals surface area contributed by atoms with Crippen LogP contribution in [0, 0.1) is 5.82 Å². The predicted molar refractivity (Wildman–Crippen MR) is 115 cm³/mol. The first-order valence-corrected chi connectivity index (χ1v) is 11.6. The fourth-order valence-corrected chi connectivity index (χ4v) is 4.85. The number of nitrogens with one attached hydrogen (secondary N) is 1. The highest BCUT2D eigenvalue weighted by atomic mass is 32.2. The monoisotopic (exact) mass is 452 g/mol. The smallest absolute Gasteiger partial charge is 0.276 e. The van der Waals surface area contributed by atoms with Crippen molar-refractivity contribution in [1.82, 2.24) is 14.1 Å². The molecule has 8 nitrogen and oxygen atoms in total. The Balaban J connectivity index is 1.89. The molecule has 1 saturated heterocycles. The molecule has 31 heavy (non-hydrogen) atoms. The van der Waals surface area contributed by atoms with Gasteiger partial charge in [-0.3, -0.25) is 9.48 Å². The molecule has 0 radical (unpaired) electrons. The van der Waals surface area contributed by atoms with Gasteiger partial charge in [0.2, 0.25) is 10.0 Å². The highest BCUT2D eigenvalue weighted by Crippen LogP contribution is 2.26. The van der Waals surface area contributed by atoms with Crippen LogP contribution in [-0.4, -0.2) is 54.7 Å². The Bertz CT molecular complexity index is 1070. The maximum absolute atomic E-state index is 14.4. The predicted octanol–water partition coefficient (Wildman–Crippen LogP) is 3.17. The summed E-state index contributed by atoms with van der Waals surface area (Å²) in [4.78, 5) is 12.3. The second kappa shape index (κ2) is 8.68. The van der Waals surface area contributed by atoms with Gasteiger partial charge in [0.1, 0.15) is 10.7 Å². The fraction of sp³-hybridized carbons (Fsp3) is 0.524. The molecule has 10 heteroatoms. The van der Waals surface area contributed by atoms with Gasteiger partial charge in [-0.2, -0.15) is 9.40 Å². The summed E-state index contributed by atoms with van der Waals surface area (Å²) in [7, 11) is -4.04. The van der Waals surface area contributed by atoms with Gasteiger partial charge in [-0.25, -0.2) is 12.8 Å². The average molecular weight is 453 g/mol. The lowest BCUT2D eigenvalue weighted by molar-refractivity contribution is 0.0729. The van der Waals surface area contributed by atoms with Crippen LogP contribution >= 0.6 is 0 Å². The average Bonchev–Trinajstić information content (AvgIpc) is 3.16. The molecule has 2 aromatic rings. The minimum absolute atomic E-state index is 0.153. The third-order valence-corrected chi connectivity index (χ3v) is 6.89. The molecule has 1 aromatic carbocycles. The lowest BCUT2D eigenvalue weighted by atomic mass is 10.1. The summed E-state index contributed by atoms with van der Waals surface area (Å²) in [6, 6.07) is 5.23. The number of amides is 1. The quantitative estimate of drug-likeness (QED) is 0.752. The molecule has 1 aliphatic heterocycles. The molecule has 1 aromatic heterocycles. The number of ether oxygens (including phenoxy) is 1. The normalized spacial score (nSPS) is 16.0. The van der Waals surface area contributed by atoms with Crippen LogP contribution in [0.3, 0.4) is 0 Å². The van der Waals surface area contributed by atoms with E-state index in [4.69, 9.17) is 4.74 Å². The van der Waals surface area contributed by atoms with Gasteiger partial charge in [0.25, 0.3) is 5.91 Å². The van der Waals surface area contributed by atoms with Crippen LogP contribution in [-0.2, 0) is 20.3 Å². The Morgan fingerprint density at radius 1 is 1.19 bits per heavy atom. The largest absolute Gasteiger partial charge is 0.379 e. The summed E-state index contributed by atoms with van der Waals surface area (Å²) >= 11 is 0. The van der Waals surface area contributed by atoms with E-state index in [1.165, 1.54) is 10.4 Å². The maximum Gasteiger partial charge on any atom is 0.276 e. The Hall–Kier alpha value is -2.30. The van der Waals surface area contributed by atoms with Crippen molar-refractivity contribution in [1.29, 1.82) is 0 Å². The van der Waals surface area contributed by atoms with E-state index < -0.39 is 26.6 Å². The second-order valence-electron chi connectivity index (χ2n) is 8.81. The van der Waals surface area contributed by atoms with Crippen LogP contribution < -0.4 is 5.32 Å². The lowest BCUT2D eigenvalue weighted by Gasteiger charge is -2.26. The van der Waals surface area contributed by atoms with Crippen LogP contribution in [0.5, 0.6) is 0 Å². The Morgan fingerprint density at radius 2 is 1.84 bits per heavy atom. The highest BCUT2D eigenvalue weighted by molar-refractivity contribution is 7.89. The molecule has 0 saturated carbocycles. The summed E-state index contributed by atoms with van der Waals surface area (Å²) in [6.45, 7) is 10.8. The molecule has 0 bridgehead atoms. The molecule has 2 heterocycles. The maximum atomic E-state index is 14.4. The molecule has 170 valence electrons. The van der Waals surface area contributed by atoms with E-state index in [1.807, 2.05) is 39.3 Å². The minimum Gasteiger partial charge on any atom is -0.379 e. The Kier molecular flexibility index (Phi) is 6.54. The molecule has 1 amide bonds. The first kappa shape index (κ1) is 23.4. The number of nitrogens with zero attached hydrogens (tertiary/aromatic N) is 3. The van der Waals surface area contributed by atoms with Crippen LogP contribution in [0.4, 0.5) is 10.1 Å². The zero-order valence-electron chi connectivity index (χ0n) is 18.5. The molecular weight excluding hydrogens is 423 g/mol. The number of sulfonamides is 1. The van der Waals surface area contributed by atoms with Crippen molar-refractivity contribution < 1.29 is 22.3 Å². The Labute approximate surface area is 182 Å². The molecular formula is C21H29FN4O4S. The number of aromatic nitrogens is 2. The number of rotatable bonds is 5. The van der Waals surface area contributed by atoms with E-state index in [1.54, 1.807) is 6.07 Å². The zero-order valence-corrected chi connectivity index (χ0v) is 19.3. The molecule has 1 N–H and O–H groups in total. The SMILES string of the molecule is CC(C)c1cc(C(=O)Nc2ccc(F)c(S(=O)(=O)N3CCOCC3)c2)nn1C(C)(C)C. The third kappa shape index (κ3) is 4.97. The fourth-order valence-electron chi connectivity index (χ4n) is 3.36. The summed E-state index contributed by atoms with van der Waals surface area (Å²) in [5.74, 6) is -1.21. The van der Waals surface area contributed by atoms with Crippen molar-refractivity contribution >= 4 is 21.6 Å². The molecule has 0 unspecified atom stereocenters. The van der Waals surface area contributed by atoms with Gasteiger partial charge in [-0.1, -0.05) is 13.8 Å². The van der Waals surface area contributed by atoms with Crippen molar-refractivity contribution in [2.75, 3.05) is 31.6 Å². The number of hydrogen-bond acceptors (Lipinski definition) is 5. The summed E-state index contributed by atoms with van der Waals surface area (Å²) in [5, 5.41) is 7.09. The Morgan fingerprint density at radius 3 is 2.39 bits per heavy atom. The lowest BCUT2D eigenvalue weighted by Crippen LogP contribution is -2.40. The van der Waals surface area contributed by atoms with Crippen molar-refractivity contribution in [2.45, 2.75) is 51.0 Å². The topological polar surface area (TPSA) is 93.5 Å². The van der Waals surface area contributed by atoms with Crippen molar-refractivity contribution in [3.8, 4) is 0 Å². The van der Waals surface area contributed by atoms with E-state index in [0.717, 1.165) is 17.8 Å². The van der Waals surface area contributed by atoms with Crippen LogP contribution in [0.1, 0.15) is 56.7 Å². The van der Waals surface area contributed by atoms with E-state index in [9.17, 15) is 17.6 Å². The number of halogens is 1. The molecule has 1 aliphatic rings. The zero-order chi connectivity index (χ0) is 23.0. The number of benzene rings is 1. The molecule has 0 aliphatic carbocycles.